The first-order valence-corrected chi connectivity index (χ1v) is 41.1. The van der Waals surface area contributed by atoms with Crippen LogP contribution in [0.2, 0.25) is 0 Å². The first-order chi connectivity index (χ1) is 56.3. The Morgan fingerprint density at radius 1 is 0.250 bits per heavy atom. The molecule has 0 aromatic carbocycles. The molecule has 3 saturated heterocycles. The smallest absolute Gasteiger partial charge is 0.333 e. The van der Waals surface area contributed by atoms with Gasteiger partial charge in [0.2, 0.25) is 35.4 Å². The van der Waals surface area contributed by atoms with Gasteiger partial charge in [-0.25, -0.2) is 14.4 Å². The Labute approximate surface area is 678 Å². The van der Waals surface area contributed by atoms with Crippen LogP contribution in [-0.2, 0) is 143 Å². The van der Waals surface area contributed by atoms with Gasteiger partial charge in [-0.2, -0.15) is 0 Å². The summed E-state index contributed by atoms with van der Waals surface area (Å²) < 4.78 is 67.9. The Balaban J connectivity index is 0.966. The highest BCUT2D eigenvalue weighted by molar-refractivity contribution is 6.03. The number of rotatable bonds is 77. The number of amides is 12. The Bertz CT molecular complexity index is 2760. The number of carbonyl (C=O) groups excluding carboxylic acids is 15. The van der Waals surface area contributed by atoms with Crippen LogP contribution in [0.15, 0.2) is 0 Å². The second kappa shape index (κ2) is 65.1. The molecular formula is C77H127N9O30. The summed E-state index contributed by atoms with van der Waals surface area (Å²) in [6.07, 6.45) is 13.4. The fourth-order valence-electron chi connectivity index (χ4n) is 11.4. The van der Waals surface area contributed by atoms with Crippen LogP contribution in [0.1, 0.15) is 199 Å². The molecule has 4 rings (SSSR count). The lowest BCUT2D eigenvalue weighted by Gasteiger charge is -2.18. The number of hydrogen-bond acceptors (Lipinski definition) is 30. The lowest BCUT2D eigenvalue weighted by molar-refractivity contribution is -0.197. The predicted octanol–water partition coefficient (Wildman–Crippen LogP) is 1.83. The van der Waals surface area contributed by atoms with Gasteiger partial charge in [-0.05, 0) is 44.9 Å². The molecule has 4 fully saturated rings. The van der Waals surface area contributed by atoms with E-state index in [4.69, 9.17) is 71.4 Å². The Morgan fingerprint density at radius 2 is 0.466 bits per heavy atom. The van der Waals surface area contributed by atoms with Gasteiger partial charge in [0.15, 0.2) is 0 Å². The molecule has 6 N–H and O–H groups in total. The van der Waals surface area contributed by atoms with Crippen molar-refractivity contribution in [2.75, 3.05) is 191 Å². The summed E-state index contributed by atoms with van der Waals surface area (Å²) in [5.74, 6) is -5.88. The zero-order chi connectivity index (χ0) is 83.7. The third kappa shape index (κ3) is 50.7. The number of ether oxygens (including phenoxy) is 12. The van der Waals surface area contributed by atoms with Crippen LogP contribution >= 0.6 is 0 Å². The largest absolute Gasteiger partial charge is 0.380 e. The minimum atomic E-state index is -0.605. The highest BCUT2D eigenvalue weighted by Crippen LogP contribution is 2.49. The van der Waals surface area contributed by atoms with Crippen molar-refractivity contribution in [1.29, 1.82) is 0 Å². The van der Waals surface area contributed by atoms with Gasteiger partial charge >= 0.3 is 17.9 Å². The average molecular weight is 1660 g/mol. The van der Waals surface area contributed by atoms with Crippen molar-refractivity contribution >= 4 is 88.8 Å². The summed E-state index contributed by atoms with van der Waals surface area (Å²) in [4.78, 5) is 194. The Morgan fingerprint density at radius 3 is 0.741 bits per heavy atom. The van der Waals surface area contributed by atoms with E-state index in [1.165, 1.54) is 0 Å². The molecule has 3 aliphatic heterocycles. The van der Waals surface area contributed by atoms with Crippen molar-refractivity contribution in [2.45, 2.75) is 205 Å². The maximum absolute atomic E-state index is 12.7. The van der Waals surface area contributed by atoms with E-state index in [0.29, 0.717) is 140 Å². The summed E-state index contributed by atoms with van der Waals surface area (Å²) in [7, 11) is 0. The van der Waals surface area contributed by atoms with E-state index in [-0.39, 0.29) is 230 Å². The van der Waals surface area contributed by atoms with Crippen molar-refractivity contribution in [2.24, 2.45) is 5.41 Å². The molecule has 660 valence electrons. The quantitative estimate of drug-likeness (QED) is 0.0373. The van der Waals surface area contributed by atoms with Crippen LogP contribution in [0.25, 0.3) is 0 Å². The molecule has 39 nitrogen and oxygen atoms in total. The molecule has 4 aliphatic rings. The number of unbranched alkanes of at least 4 members (excludes halogenated alkanes) is 12. The number of hydrogen-bond donors (Lipinski definition) is 6. The molecule has 116 heavy (non-hydrogen) atoms. The third-order valence-corrected chi connectivity index (χ3v) is 18.1. The van der Waals surface area contributed by atoms with Crippen LogP contribution in [0, 0.1) is 5.41 Å². The van der Waals surface area contributed by atoms with E-state index in [0.717, 1.165) is 77.0 Å². The van der Waals surface area contributed by atoms with Gasteiger partial charge in [-0.3, -0.25) is 57.5 Å². The van der Waals surface area contributed by atoms with Crippen LogP contribution < -0.4 is 31.9 Å². The zero-order valence-corrected chi connectivity index (χ0v) is 67.6. The van der Waals surface area contributed by atoms with E-state index in [1.54, 1.807) is 0 Å². The normalized spacial score (nSPS) is 15.0. The van der Waals surface area contributed by atoms with Gasteiger partial charge in [0.1, 0.15) is 0 Å². The van der Waals surface area contributed by atoms with Crippen LogP contribution in [-0.4, -0.2) is 301 Å². The molecule has 1 unspecified atom stereocenters. The number of nitrogens with one attached hydrogen (secondary N) is 6. The van der Waals surface area contributed by atoms with Crippen molar-refractivity contribution < 1.29 is 143 Å². The summed E-state index contributed by atoms with van der Waals surface area (Å²) in [5, 5.41) is 18.7. The summed E-state index contributed by atoms with van der Waals surface area (Å²) in [5.41, 5.74) is -0.562. The zero-order valence-electron chi connectivity index (χ0n) is 67.6. The second-order valence-electron chi connectivity index (χ2n) is 27.8. The number of imide groups is 3. The summed E-state index contributed by atoms with van der Waals surface area (Å²) >= 11 is 0. The fourth-order valence-corrected chi connectivity index (χ4v) is 11.4. The maximum atomic E-state index is 12.7. The molecule has 39 heteroatoms. The molecule has 0 spiro atoms. The van der Waals surface area contributed by atoms with E-state index >= 15 is 0 Å². The van der Waals surface area contributed by atoms with Gasteiger partial charge in [-0.1, -0.05) is 57.8 Å². The van der Waals surface area contributed by atoms with E-state index < -0.39 is 58.8 Å². The molecule has 1 aliphatic carbocycles. The molecule has 0 aromatic rings. The summed E-state index contributed by atoms with van der Waals surface area (Å²) in [6, 6.07) is 0. The topological polar surface area (TPSA) is 476 Å². The Hall–Kier alpha value is -7.83. The minimum Gasteiger partial charge on any atom is -0.380 e. The van der Waals surface area contributed by atoms with Crippen molar-refractivity contribution in [3.05, 3.63) is 0 Å². The second-order valence-corrected chi connectivity index (χ2v) is 27.8. The first kappa shape index (κ1) is 101. The number of carbonyl (C=O) groups is 15. The van der Waals surface area contributed by atoms with Gasteiger partial charge < -0.3 is 103 Å². The van der Waals surface area contributed by atoms with Crippen LogP contribution in [0.5, 0.6) is 0 Å². The molecule has 12 amide bonds. The van der Waals surface area contributed by atoms with Crippen molar-refractivity contribution in [3.8, 4) is 0 Å². The molecule has 1 saturated carbocycles. The molecular weight excluding hydrogens is 1530 g/mol. The predicted molar refractivity (Wildman–Crippen MR) is 406 cm³/mol. The lowest BCUT2D eigenvalue weighted by Crippen LogP contribution is -2.31. The van der Waals surface area contributed by atoms with Gasteiger partial charge in [0.05, 0.1) is 158 Å². The van der Waals surface area contributed by atoms with E-state index in [2.05, 4.69) is 31.9 Å². The standard InChI is InChI=1S/C77H127N9O30/c87-62(78-31-13-7-1-4-10-16-74(99)114-84-68(93)19-20-69(84)94)25-37-102-46-52-108-55-49-105-43-34-81-65(90)28-40-111-59-77(60-112-41-29-66(91)82-35-44-106-50-56-109-53-47-103-38-26-63(88)79-32-14-8-2-5-11-17-75(100)115-85-70(95)21-22-71(85)96)58-61(77)113-42-30-67(92)83-36-45-107-51-57-110-54-48-104-39-27-64(89)80-33-15-9-3-6-12-18-76(101)116-86-72(97)23-24-73(86)98/h61H,1-60H2,(H,78,87)(H,79,88)(H,80,89)(H,81,90)(H,82,91)(H,83,92). The first-order valence-electron chi connectivity index (χ1n) is 41.1. The lowest BCUT2D eigenvalue weighted by atomic mass is 10.1. The van der Waals surface area contributed by atoms with Crippen LogP contribution in [0.3, 0.4) is 0 Å². The highest BCUT2D eigenvalue weighted by Gasteiger charge is 2.56. The van der Waals surface area contributed by atoms with Crippen molar-refractivity contribution in [3.63, 3.8) is 0 Å². The minimum absolute atomic E-state index is 0.0532. The van der Waals surface area contributed by atoms with Gasteiger partial charge in [-0.15, -0.1) is 15.2 Å². The van der Waals surface area contributed by atoms with Gasteiger partial charge in [0, 0.05) is 141 Å². The fraction of sp³-hybridized carbons (Fsp3) is 0.805. The molecule has 0 aromatic heterocycles. The highest BCUT2D eigenvalue weighted by atomic mass is 16.7. The third-order valence-electron chi connectivity index (χ3n) is 18.1. The van der Waals surface area contributed by atoms with E-state index in [9.17, 15) is 71.9 Å². The van der Waals surface area contributed by atoms with Crippen LogP contribution in [0.4, 0.5) is 0 Å². The number of nitrogens with zero attached hydrogens (tertiary/aromatic N) is 3. The molecule has 1 atom stereocenters. The Kier molecular flexibility index (Phi) is 56.5. The monoisotopic (exact) mass is 1660 g/mol. The van der Waals surface area contributed by atoms with Gasteiger partial charge in [0.25, 0.3) is 35.4 Å². The van der Waals surface area contributed by atoms with E-state index in [1.807, 2.05) is 0 Å². The molecule has 0 radical (unpaired) electrons. The molecule has 0 bridgehead atoms. The average Bonchev–Trinajstić information content (AvgIpc) is 1.61. The maximum Gasteiger partial charge on any atom is 0.333 e. The van der Waals surface area contributed by atoms with Crippen molar-refractivity contribution in [1.82, 2.24) is 47.1 Å². The number of hydroxylamine groups is 6. The molecule has 3 heterocycles. The summed E-state index contributed by atoms with van der Waals surface area (Å²) in [6.45, 7) is 8.38. The SMILES string of the molecule is O=C(CCOCCOCCOCCNC(=O)CCOCC1(COCCC(=O)NCCOCCOCCOCCC(=O)NCCCCCCCC(=O)ON2C(=O)CCC2=O)CC1OCCC(=O)NCCOCCOCCOCCC(=O)NCCCCCCCC(=O)ON1C(=O)CCC1=O)NCCCCCCCC(=O)ON1C(=O)CCC1=O.